The van der Waals surface area contributed by atoms with Gasteiger partial charge in [-0.2, -0.15) is 0 Å². The number of fused-ring (bicyclic) bond motifs is 1. The number of pyridine rings is 2. The normalized spacial score (nSPS) is 15.5. The number of hydrogen-bond donors (Lipinski definition) is 0. The number of hydrogen-bond acceptors (Lipinski definition) is 8. The Labute approximate surface area is 191 Å². The van der Waals surface area contributed by atoms with Crippen LogP contribution in [0.4, 0.5) is 0 Å². The first-order chi connectivity index (χ1) is 16.0. The molecule has 10 heteroatoms. The predicted molar refractivity (Wildman–Crippen MR) is 123 cm³/mol. The van der Waals surface area contributed by atoms with Crippen LogP contribution in [0.15, 0.2) is 36.9 Å². The smallest absolute Gasteiger partial charge is 0.190 e. The Bertz CT molecular complexity index is 1280. The van der Waals surface area contributed by atoms with Crippen LogP contribution in [0.5, 0.6) is 0 Å². The van der Waals surface area contributed by atoms with Gasteiger partial charge < -0.3 is 4.90 Å². The Balaban J connectivity index is 1.29. The van der Waals surface area contributed by atoms with E-state index in [4.69, 9.17) is 0 Å². The van der Waals surface area contributed by atoms with Crippen molar-refractivity contribution in [3.8, 4) is 11.3 Å². The highest BCUT2D eigenvalue weighted by Gasteiger charge is 2.24. The zero-order chi connectivity index (χ0) is 22.9. The third-order valence-corrected chi connectivity index (χ3v) is 6.26. The molecular formula is C23H27N9O. The second-order valence-corrected chi connectivity index (χ2v) is 8.91. The van der Waals surface area contributed by atoms with Gasteiger partial charge in [-0.3, -0.25) is 19.4 Å². The molecule has 0 saturated carbocycles. The van der Waals surface area contributed by atoms with E-state index in [0.717, 1.165) is 48.1 Å². The highest BCUT2D eigenvalue weighted by Crippen LogP contribution is 2.24. The van der Waals surface area contributed by atoms with Crippen molar-refractivity contribution < 1.29 is 4.79 Å². The molecule has 5 rings (SSSR count). The fourth-order valence-corrected chi connectivity index (χ4v) is 4.30. The number of carbonyl (C=O) groups excluding carboxylic acids is 1. The molecule has 0 bridgehead atoms. The molecule has 1 fully saturated rings. The molecule has 1 aliphatic heterocycles. The molecule has 10 nitrogen and oxygen atoms in total. The molecule has 4 aromatic heterocycles. The molecule has 170 valence electrons. The number of nitrogens with zero attached hydrogens (tertiary/aromatic N) is 9. The van der Waals surface area contributed by atoms with Crippen molar-refractivity contribution in [3.05, 3.63) is 48.3 Å². The molecule has 0 aromatic carbocycles. The summed E-state index contributed by atoms with van der Waals surface area (Å²) in [6, 6.07) is 4.73. The van der Waals surface area contributed by atoms with Gasteiger partial charge in [0, 0.05) is 49.0 Å². The van der Waals surface area contributed by atoms with Gasteiger partial charge in [0.05, 0.1) is 36.6 Å². The molecule has 5 heterocycles. The van der Waals surface area contributed by atoms with Crippen molar-refractivity contribution in [1.29, 1.82) is 0 Å². The van der Waals surface area contributed by atoms with E-state index in [1.807, 2.05) is 30.1 Å². The summed E-state index contributed by atoms with van der Waals surface area (Å²) in [6.07, 6.45) is 9.26. The number of ketones is 1. The first-order valence-electron chi connectivity index (χ1n) is 11.3. The molecule has 0 radical (unpaired) electrons. The van der Waals surface area contributed by atoms with E-state index < -0.39 is 0 Å². The maximum atomic E-state index is 12.9. The van der Waals surface area contributed by atoms with E-state index >= 15 is 0 Å². The maximum Gasteiger partial charge on any atom is 0.190 e. The summed E-state index contributed by atoms with van der Waals surface area (Å²) >= 11 is 0. The van der Waals surface area contributed by atoms with Crippen molar-refractivity contribution in [3.63, 3.8) is 0 Å². The number of aryl methyl sites for hydroxylation is 1. The lowest BCUT2D eigenvalue weighted by Crippen LogP contribution is -2.39. The number of carbonyl (C=O) groups is 1. The summed E-state index contributed by atoms with van der Waals surface area (Å²) in [6.45, 7) is 6.52. The van der Waals surface area contributed by atoms with Crippen LogP contribution in [0, 0.1) is 0 Å². The van der Waals surface area contributed by atoms with Gasteiger partial charge in [-0.1, -0.05) is 10.4 Å². The van der Waals surface area contributed by atoms with Crippen molar-refractivity contribution in [2.24, 2.45) is 7.05 Å². The molecular weight excluding hydrogens is 418 g/mol. The SMILES string of the molecule is CC(C)N1CCC(n2cc(C(=O)Cc3cc4cc(-c5cn(C)nn5)cnc4cn3)nn2)CC1. The lowest BCUT2D eigenvalue weighted by Gasteiger charge is -2.34. The highest BCUT2D eigenvalue weighted by molar-refractivity contribution is 5.95. The minimum Gasteiger partial charge on any atom is -0.301 e. The van der Waals surface area contributed by atoms with Gasteiger partial charge in [-0.25, -0.2) is 4.68 Å². The average Bonchev–Trinajstić information content (AvgIpc) is 3.48. The first-order valence-corrected chi connectivity index (χ1v) is 11.3. The summed E-state index contributed by atoms with van der Waals surface area (Å²) in [5.41, 5.74) is 3.43. The topological polar surface area (TPSA) is 108 Å². The van der Waals surface area contributed by atoms with E-state index in [0.29, 0.717) is 23.5 Å². The molecule has 0 aliphatic carbocycles. The van der Waals surface area contributed by atoms with E-state index in [9.17, 15) is 4.79 Å². The lowest BCUT2D eigenvalue weighted by atomic mass is 10.0. The summed E-state index contributed by atoms with van der Waals surface area (Å²) < 4.78 is 3.51. The van der Waals surface area contributed by atoms with Crippen LogP contribution in [0.1, 0.15) is 48.9 Å². The van der Waals surface area contributed by atoms with Gasteiger partial charge in [0.1, 0.15) is 11.4 Å². The Hall–Kier alpha value is -3.53. The number of Topliss-reactive ketones (excluding diaryl/α,β-unsaturated/α-hetero) is 1. The first kappa shape index (κ1) is 21.3. The van der Waals surface area contributed by atoms with Crippen molar-refractivity contribution in [2.45, 2.75) is 45.2 Å². The minimum atomic E-state index is -0.0919. The number of likely N-dealkylation sites (tertiary alicyclic amines) is 1. The van der Waals surface area contributed by atoms with Gasteiger partial charge in [0.25, 0.3) is 0 Å². The number of aromatic nitrogens is 8. The van der Waals surface area contributed by atoms with Crippen LogP contribution in [-0.4, -0.2) is 69.8 Å². The Morgan fingerprint density at radius 3 is 2.61 bits per heavy atom. The fraction of sp³-hybridized carbons (Fsp3) is 0.435. The van der Waals surface area contributed by atoms with Gasteiger partial charge in [0.2, 0.25) is 0 Å². The Kier molecular flexibility index (Phi) is 5.67. The third kappa shape index (κ3) is 4.51. The lowest BCUT2D eigenvalue weighted by molar-refractivity contribution is 0.0987. The molecule has 33 heavy (non-hydrogen) atoms. The van der Waals surface area contributed by atoms with Crippen LogP contribution in [0.2, 0.25) is 0 Å². The van der Waals surface area contributed by atoms with E-state index in [1.54, 1.807) is 23.3 Å². The second kappa shape index (κ2) is 8.78. The summed E-state index contributed by atoms with van der Waals surface area (Å²) in [4.78, 5) is 24.2. The quantitative estimate of drug-likeness (QED) is 0.417. The second-order valence-electron chi connectivity index (χ2n) is 8.91. The molecule has 0 amide bonds. The summed E-state index contributed by atoms with van der Waals surface area (Å²) in [5.74, 6) is -0.0919. The molecule has 0 N–H and O–H groups in total. The summed E-state index contributed by atoms with van der Waals surface area (Å²) in [5, 5.41) is 17.4. The van der Waals surface area contributed by atoms with Gasteiger partial charge in [-0.05, 0) is 38.8 Å². The van der Waals surface area contributed by atoms with Crippen LogP contribution in [-0.2, 0) is 13.5 Å². The maximum absolute atomic E-state index is 12.9. The molecule has 0 atom stereocenters. The number of piperidine rings is 1. The van der Waals surface area contributed by atoms with Gasteiger partial charge in [0.15, 0.2) is 5.78 Å². The zero-order valence-electron chi connectivity index (χ0n) is 19.1. The average molecular weight is 446 g/mol. The monoisotopic (exact) mass is 445 g/mol. The summed E-state index contributed by atoms with van der Waals surface area (Å²) in [7, 11) is 1.82. The number of rotatable bonds is 6. The third-order valence-electron chi connectivity index (χ3n) is 6.26. The van der Waals surface area contributed by atoms with Crippen LogP contribution >= 0.6 is 0 Å². The zero-order valence-corrected chi connectivity index (χ0v) is 19.1. The molecule has 0 unspecified atom stereocenters. The van der Waals surface area contributed by atoms with Crippen molar-refractivity contribution >= 4 is 16.7 Å². The highest BCUT2D eigenvalue weighted by atomic mass is 16.1. The Morgan fingerprint density at radius 1 is 1.06 bits per heavy atom. The van der Waals surface area contributed by atoms with E-state index in [-0.39, 0.29) is 12.2 Å². The Morgan fingerprint density at radius 2 is 1.88 bits per heavy atom. The van der Waals surface area contributed by atoms with Crippen molar-refractivity contribution in [1.82, 2.24) is 44.9 Å². The molecule has 1 aliphatic rings. The van der Waals surface area contributed by atoms with E-state index in [2.05, 4.69) is 49.3 Å². The van der Waals surface area contributed by atoms with Crippen LogP contribution in [0.3, 0.4) is 0 Å². The minimum absolute atomic E-state index is 0.0919. The fourth-order valence-electron chi connectivity index (χ4n) is 4.30. The van der Waals surface area contributed by atoms with Crippen molar-refractivity contribution in [2.75, 3.05) is 13.1 Å². The van der Waals surface area contributed by atoms with Crippen LogP contribution < -0.4 is 0 Å². The molecule has 1 saturated heterocycles. The standard InChI is InChI=1S/C23H27N9O/c1-15(2)31-6-4-19(5-7-31)32-14-22(27-29-32)23(33)10-18-9-16-8-17(11-25-20(16)12-24-18)21-13-30(3)28-26-21/h8-9,11-15,19H,4-7,10H2,1-3H3. The largest absolute Gasteiger partial charge is 0.301 e. The van der Waals surface area contributed by atoms with Gasteiger partial charge in [-0.15, -0.1) is 10.2 Å². The molecule has 0 spiro atoms. The van der Waals surface area contributed by atoms with E-state index in [1.165, 1.54) is 0 Å². The predicted octanol–water partition coefficient (Wildman–Crippen LogP) is 2.49. The van der Waals surface area contributed by atoms with Gasteiger partial charge >= 0.3 is 0 Å². The van der Waals surface area contributed by atoms with Crippen LogP contribution in [0.25, 0.3) is 22.2 Å². The molecule has 4 aromatic rings.